The van der Waals surface area contributed by atoms with Gasteiger partial charge in [0.2, 0.25) is 5.95 Å². The molecule has 7 heteroatoms. The van der Waals surface area contributed by atoms with E-state index in [0.717, 1.165) is 41.8 Å². The van der Waals surface area contributed by atoms with Crippen molar-refractivity contribution in [2.45, 2.75) is 71.4 Å². The third-order valence-electron chi connectivity index (χ3n) is 6.26. The molecule has 1 aromatic carbocycles. The Labute approximate surface area is 177 Å². The number of fused-ring (bicyclic) bond motifs is 3. The zero-order chi connectivity index (χ0) is 20.5. The molecule has 1 aliphatic carbocycles. The predicted octanol–water partition coefficient (Wildman–Crippen LogP) is 4.71. The molecule has 5 rings (SSSR count). The van der Waals surface area contributed by atoms with Crippen LogP contribution in [-0.4, -0.2) is 30.8 Å². The summed E-state index contributed by atoms with van der Waals surface area (Å²) in [6.45, 7) is 4.96. The molecule has 1 saturated carbocycles. The van der Waals surface area contributed by atoms with E-state index in [9.17, 15) is 0 Å². The van der Waals surface area contributed by atoms with Gasteiger partial charge >= 0.3 is 0 Å². The summed E-state index contributed by atoms with van der Waals surface area (Å²) < 4.78 is 2.09. The lowest BCUT2D eigenvalue weighted by Gasteiger charge is -2.35. The van der Waals surface area contributed by atoms with E-state index in [4.69, 9.17) is 4.98 Å². The highest BCUT2D eigenvalue weighted by Crippen LogP contribution is 2.36. The molecule has 3 aromatic rings. The monoisotopic (exact) mass is 403 g/mol. The number of rotatable bonds is 6. The van der Waals surface area contributed by atoms with E-state index < -0.39 is 0 Å². The molecule has 1 fully saturated rings. The zero-order valence-electron chi connectivity index (χ0n) is 17.8. The van der Waals surface area contributed by atoms with Gasteiger partial charge in [0.05, 0.1) is 12.7 Å². The number of nitrogens with one attached hydrogen (secondary N) is 1. The van der Waals surface area contributed by atoms with E-state index in [1.165, 1.54) is 44.1 Å². The molecule has 30 heavy (non-hydrogen) atoms. The predicted molar refractivity (Wildman–Crippen MR) is 118 cm³/mol. The van der Waals surface area contributed by atoms with Gasteiger partial charge in [-0.2, -0.15) is 4.98 Å². The highest BCUT2D eigenvalue weighted by molar-refractivity contribution is 5.64. The van der Waals surface area contributed by atoms with Gasteiger partial charge in [0.15, 0.2) is 11.6 Å². The van der Waals surface area contributed by atoms with Crippen LogP contribution in [0.15, 0.2) is 30.5 Å². The fraction of sp³-hybridized carbons (Fsp3) is 0.478. The summed E-state index contributed by atoms with van der Waals surface area (Å²) >= 11 is 0. The first kappa shape index (κ1) is 19.0. The van der Waals surface area contributed by atoms with Crippen LogP contribution in [0.5, 0.6) is 0 Å². The lowest BCUT2D eigenvalue weighted by Crippen LogP contribution is -2.38. The van der Waals surface area contributed by atoms with Crippen LogP contribution in [0.4, 0.5) is 17.5 Å². The van der Waals surface area contributed by atoms with Crippen LogP contribution < -0.4 is 10.2 Å². The Bertz CT molecular complexity index is 1020. The number of aryl methyl sites for hydroxylation is 2. The molecule has 1 aliphatic heterocycles. The first-order valence-electron chi connectivity index (χ1n) is 11.1. The Hall–Kier alpha value is -2.96. The maximum absolute atomic E-state index is 4.95. The van der Waals surface area contributed by atoms with Crippen LogP contribution in [0, 0.1) is 6.92 Å². The topological polar surface area (TPSA) is 71.8 Å². The third-order valence-corrected chi connectivity index (χ3v) is 6.26. The van der Waals surface area contributed by atoms with E-state index in [-0.39, 0.29) is 0 Å². The maximum Gasteiger partial charge on any atom is 0.229 e. The SMILES string of the molecule is CCCCc1ccc(Nc2ncc3c(n2)N(C2CCCC2)Cc2nnc(C)n2-3)cc1. The van der Waals surface area contributed by atoms with Gasteiger partial charge in [-0.25, -0.2) is 4.98 Å². The molecule has 7 nitrogen and oxygen atoms in total. The van der Waals surface area contributed by atoms with Crippen molar-refractivity contribution < 1.29 is 0 Å². The molecule has 0 atom stereocenters. The van der Waals surface area contributed by atoms with Crippen LogP contribution in [0.25, 0.3) is 5.69 Å². The molecule has 0 amide bonds. The Morgan fingerprint density at radius 2 is 1.90 bits per heavy atom. The molecule has 2 aromatic heterocycles. The lowest BCUT2D eigenvalue weighted by atomic mass is 10.1. The van der Waals surface area contributed by atoms with Gasteiger partial charge in [0.25, 0.3) is 0 Å². The van der Waals surface area contributed by atoms with Crippen LogP contribution in [0.2, 0.25) is 0 Å². The summed E-state index contributed by atoms with van der Waals surface area (Å²) in [5.74, 6) is 3.46. The second kappa shape index (κ2) is 8.05. The fourth-order valence-corrected chi connectivity index (χ4v) is 4.63. The number of benzene rings is 1. The van der Waals surface area contributed by atoms with Crippen molar-refractivity contribution in [1.29, 1.82) is 0 Å². The Balaban J connectivity index is 1.45. The normalized spacial score (nSPS) is 15.9. The van der Waals surface area contributed by atoms with Crippen LogP contribution >= 0.6 is 0 Å². The largest absolute Gasteiger partial charge is 0.344 e. The number of anilines is 3. The molecule has 0 saturated heterocycles. The van der Waals surface area contributed by atoms with Gasteiger partial charge in [-0.05, 0) is 50.3 Å². The molecular formula is C23H29N7. The van der Waals surface area contributed by atoms with E-state index >= 15 is 0 Å². The first-order valence-corrected chi connectivity index (χ1v) is 11.1. The van der Waals surface area contributed by atoms with E-state index in [1.54, 1.807) is 0 Å². The van der Waals surface area contributed by atoms with Crippen LogP contribution in [0.3, 0.4) is 0 Å². The summed E-state index contributed by atoms with van der Waals surface area (Å²) in [6.07, 6.45) is 10.4. The van der Waals surface area contributed by atoms with Gasteiger partial charge < -0.3 is 10.2 Å². The molecule has 156 valence electrons. The minimum absolute atomic E-state index is 0.509. The first-order chi connectivity index (χ1) is 14.7. The molecule has 1 N–H and O–H groups in total. The number of hydrogen-bond acceptors (Lipinski definition) is 6. The Morgan fingerprint density at radius 3 is 2.67 bits per heavy atom. The molecular weight excluding hydrogens is 374 g/mol. The van der Waals surface area contributed by atoms with Gasteiger partial charge in [0, 0.05) is 11.7 Å². The highest BCUT2D eigenvalue weighted by Gasteiger charge is 2.33. The van der Waals surface area contributed by atoms with Crippen molar-refractivity contribution in [2.75, 3.05) is 10.2 Å². The molecule has 0 bridgehead atoms. The van der Waals surface area contributed by atoms with Crippen LogP contribution in [0.1, 0.15) is 62.7 Å². The number of unbranched alkanes of at least 4 members (excludes halogenated alkanes) is 1. The zero-order valence-corrected chi connectivity index (χ0v) is 17.8. The van der Waals surface area contributed by atoms with Gasteiger partial charge in [-0.15, -0.1) is 10.2 Å². The minimum Gasteiger partial charge on any atom is -0.344 e. The average Bonchev–Trinajstić information content (AvgIpc) is 3.43. The van der Waals surface area contributed by atoms with Crippen molar-refractivity contribution in [3.8, 4) is 5.69 Å². The minimum atomic E-state index is 0.509. The fourth-order valence-electron chi connectivity index (χ4n) is 4.63. The second-order valence-corrected chi connectivity index (χ2v) is 8.39. The Kier molecular flexibility index (Phi) is 5.11. The van der Waals surface area contributed by atoms with Crippen molar-refractivity contribution in [1.82, 2.24) is 24.7 Å². The van der Waals surface area contributed by atoms with Crippen LogP contribution in [-0.2, 0) is 13.0 Å². The molecule has 0 spiro atoms. The Morgan fingerprint density at radius 1 is 1.10 bits per heavy atom. The molecule has 2 aliphatic rings. The standard InChI is InChI=1S/C23H29N7/c1-3-4-7-17-10-12-18(13-11-17)25-23-24-14-20-22(26-23)29(19-8-5-6-9-19)15-21-28-27-16(2)30(20)21/h10-14,19H,3-9,15H2,1-2H3,(H,24,25,26). The third kappa shape index (κ3) is 3.53. The van der Waals surface area contributed by atoms with Crippen molar-refractivity contribution >= 4 is 17.5 Å². The molecule has 3 heterocycles. The maximum atomic E-state index is 4.95. The van der Waals surface area contributed by atoms with E-state index in [1.807, 2.05) is 13.1 Å². The number of aromatic nitrogens is 5. The molecule has 0 unspecified atom stereocenters. The van der Waals surface area contributed by atoms with Gasteiger partial charge in [-0.1, -0.05) is 38.3 Å². The molecule has 0 radical (unpaired) electrons. The lowest BCUT2D eigenvalue weighted by molar-refractivity contribution is 0.566. The smallest absolute Gasteiger partial charge is 0.229 e. The second-order valence-electron chi connectivity index (χ2n) is 8.39. The summed E-state index contributed by atoms with van der Waals surface area (Å²) in [5.41, 5.74) is 3.36. The summed E-state index contributed by atoms with van der Waals surface area (Å²) in [4.78, 5) is 12.0. The number of hydrogen-bond donors (Lipinski definition) is 1. The van der Waals surface area contributed by atoms with Gasteiger partial charge in [-0.3, -0.25) is 4.57 Å². The quantitative estimate of drug-likeness (QED) is 0.642. The summed E-state index contributed by atoms with van der Waals surface area (Å²) in [6, 6.07) is 9.12. The van der Waals surface area contributed by atoms with E-state index in [0.29, 0.717) is 12.0 Å². The average molecular weight is 404 g/mol. The van der Waals surface area contributed by atoms with Crippen molar-refractivity contribution in [3.05, 3.63) is 47.7 Å². The highest BCUT2D eigenvalue weighted by atomic mass is 15.4. The van der Waals surface area contributed by atoms with Crippen molar-refractivity contribution in [2.24, 2.45) is 0 Å². The summed E-state index contributed by atoms with van der Waals surface area (Å²) in [7, 11) is 0. The summed E-state index contributed by atoms with van der Waals surface area (Å²) in [5, 5.41) is 12.1. The number of nitrogens with zero attached hydrogens (tertiary/aromatic N) is 6. The van der Waals surface area contributed by atoms with Crippen molar-refractivity contribution in [3.63, 3.8) is 0 Å². The van der Waals surface area contributed by atoms with Gasteiger partial charge in [0.1, 0.15) is 11.5 Å². The van der Waals surface area contributed by atoms with E-state index in [2.05, 4.69) is 61.2 Å².